The van der Waals surface area contributed by atoms with Crippen LogP contribution in [0.4, 0.5) is 0 Å². The lowest BCUT2D eigenvalue weighted by molar-refractivity contribution is 0.0993. The second-order valence-corrected chi connectivity index (χ2v) is 8.85. The van der Waals surface area contributed by atoms with E-state index in [1.807, 2.05) is 48.7 Å². The van der Waals surface area contributed by atoms with Crippen LogP contribution in [0, 0.1) is 0 Å². The molecule has 0 radical (unpaired) electrons. The highest BCUT2D eigenvalue weighted by atomic mass is 32.1. The Bertz CT molecular complexity index is 1550. The summed E-state index contributed by atoms with van der Waals surface area (Å²) in [5.74, 6) is 0.0442. The molecule has 0 aliphatic carbocycles. The van der Waals surface area contributed by atoms with Crippen LogP contribution in [0.2, 0.25) is 0 Å². The molecule has 1 aliphatic heterocycles. The number of imidazole rings is 1. The van der Waals surface area contributed by atoms with Crippen molar-refractivity contribution in [1.29, 1.82) is 0 Å². The molecule has 0 saturated carbocycles. The minimum absolute atomic E-state index is 0.0442. The molecule has 1 aliphatic rings. The van der Waals surface area contributed by atoms with Crippen LogP contribution in [-0.2, 0) is 13.0 Å². The fraction of sp³-hybridized carbons (Fsp3) is 0.0800. The standard InChI is InChI=1S/C25H17N3O2S/c29-22(8-14-5-6-20-21(7-14)28-25(30)27-20)16-9-17-12-26-13-19(17)18(10-16)24-11-15-3-1-2-4-23(15)31-24/h1-7,9-12H,8,13H2,(H2,27,28,30). The summed E-state index contributed by atoms with van der Waals surface area (Å²) >= 11 is 1.74. The van der Waals surface area contributed by atoms with Crippen molar-refractivity contribution in [3.63, 3.8) is 0 Å². The Labute approximate surface area is 181 Å². The fourth-order valence-corrected chi connectivity index (χ4v) is 5.30. The lowest BCUT2D eigenvalue weighted by atomic mass is 9.94. The second kappa shape index (κ2) is 6.89. The van der Waals surface area contributed by atoms with Gasteiger partial charge in [-0.1, -0.05) is 24.3 Å². The van der Waals surface area contributed by atoms with Gasteiger partial charge in [-0.3, -0.25) is 9.79 Å². The van der Waals surface area contributed by atoms with Gasteiger partial charge in [-0.05, 0) is 64.0 Å². The number of ketones is 1. The van der Waals surface area contributed by atoms with Crippen molar-refractivity contribution in [2.24, 2.45) is 4.99 Å². The third-order valence-corrected chi connectivity index (χ3v) is 6.87. The average Bonchev–Trinajstić information content (AvgIpc) is 3.49. The summed E-state index contributed by atoms with van der Waals surface area (Å²) in [4.78, 5) is 35.8. The maximum absolute atomic E-state index is 13.2. The number of aromatic nitrogens is 2. The van der Waals surface area contributed by atoms with Gasteiger partial charge in [0, 0.05) is 27.8 Å². The summed E-state index contributed by atoms with van der Waals surface area (Å²) < 4.78 is 1.23. The Hall–Kier alpha value is -3.77. The molecule has 0 amide bonds. The van der Waals surface area contributed by atoms with Crippen molar-refractivity contribution in [2.75, 3.05) is 0 Å². The van der Waals surface area contributed by atoms with E-state index in [-0.39, 0.29) is 17.9 Å². The van der Waals surface area contributed by atoms with Gasteiger partial charge in [-0.25, -0.2) is 4.79 Å². The number of thiophene rings is 1. The Balaban J connectivity index is 1.40. The Morgan fingerprint density at radius 2 is 1.87 bits per heavy atom. The number of nitrogens with one attached hydrogen (secondary N) is 2. The summed E-state index contributed by atoms with van der Waals surface area (Å²) in [6.07, 6.45) is 2.13. The zero-order valence-electron chi connectivity index (χ0n) is 16.4. The highest BCUT2D eigenvalue weighted by Crippen LogP contribution is 2.38. The van der Waals surface area contributed by atoms with Crippen molar-refractivity contribution in [2.45, 2.75) is 13.0 Å². The zero-order chi connectivity index (χ0) is 20.9. The number of aliphatic imine (C=N–C) groups is 1. The molecule has 0 unspecified atom stereocenters. The number of carbonyl (C=O) groups excluding carboxylic acids is 1. The molecule has 0 spiro atoms. The first-order chi connectivity index (χ1) is 15.1. The van der Waals surface area contributed by atoms with Gasteiger partial charge in [-0.2, -0.15) is 0 Å². The molecule has 0 bridgehead atoms. The van der Waals surface area contributed by atoms with Gasteiger partial charge in [-0.15, -0.1) is 11.3 Å². The van der Waals surface area contributed by atoms with Crippen LogP contribution in [0.3, 0.4) is 0 Å². The summed E-state index contributed by atoms with van der Waals surface area (Å²) in [5, 5.41) is 1.21. The quantitative estimate of drug-likeness (QED) is 0.395. The normalized spacial score (nSPS) is 12.6. The molecule has 6 rings (SSSR count). The number of hydrogen-bond acceptors (Lipinski definition) is 4. The van der Waals surface area contributed by atoms with Gasteiger partial charge in [0.05, 0.1) is 17.6 Å². The van der Waals surface area contributed by atoms with E-state index in [9.17, 15) is 9.59 Å². The first-order valence-corrected chi connectivity index (χ1v) is 10.9. The highest BCUT2D eigenvalue weighted by molar-refractivity contribution is 7.22. The lowest BCUT2D eigenvalue weighted by Gasteiger charge is -2.10. The van der Waals surface area contributed by atoms with Gasteiger partial charge >= 0.3 is 5.69 Å². The highest BCUT2D eigenvalue weighted by Gasteiger charge is 2.19. The largest absolute Gasteiger partial charge is 0.323 e. The van der Waals surface area contributed by atoms with Gasteiger partial charge in [0.25, 0.3) is 0 Å². The van der Waals surface area contributed by atoms with E-state index in [0.29, 0.717) is 17.6 Å². The third kappa shape index (κ3) is 3.12. The SMILES string of the molecule is O=C(Cc1ccc2[nH]c(=O)[nH]c2c1)c1cc2c(c(-c3cc4ccccc4s3)c1)CN=C2. The number of Topliss-reactive ketones (excluding diaryl/α,β-unsaturated/α-hetero) is 1. The van der Waals surface area contributed by atoms with Crippen molar-refractivity contribution in [3.8, 4) is 10.4 Å². The van der Waals surface area contributed by atoms with E-state index in [4.69, 9.17) is 0 Å². The number of rotatable bonds is 4. The number of hydrogen-bond donors (Lipinski definition) is 2. The van der Waals surface area contributed by atoms with Gasteiger partial charge in [0.15, 0.2) is 5.78 Å². The number of fused-ring (bicyclic) bond motifs is 3. The molecule has 6 heteroatoms. The van der Waals surface area contributed by atoms with Crippen molar-refractivity contribution < 1.29 is 4.79 Å². The predicted molar refractivity (Wildman–Crippen MR) is 126 cm³/mol. The smallest absolute Gasteiger partial charge is 0.306 e. The van der Waals surface area contributed by atoms with Crippen LogP contribution in [0.1, 0.15) is 27.0 Å². The first-order valence-electron chi connectivity index (χ1n) is 10.0. The molecule has 2 aromatic heterocycles. The molecular weight excluding hydrogens is 406 g/mol. The molecule has 150 valence electrons. The number of carbonyl (C=O) groups is 1. The molecule has 5 nitrogen and oxygen atoms in total. The average molecular weight is 423 g/mol. The number of aromatic amines is 2. The molecule has 0 fully saturated rings. The molecule has 2 N–H and O–H groups in total. The minimum atomic E-state index is -0.246. The Morgan fingerprint density at radius 1 is 1.00 bits per heavy atom. The number of nitrogens with zero attached hydrogens (tertiary/aromatic N) is 1. The number of H-pyrrole nitrogens is 2. The Morgan fingerprint density at radius 3 is 2.77 bits per heavy atom. The van der Waals surface area contributed by atoms with Gasteiger partial charge < -0.3 is 9.97 Å². The van der Waals surface area contributed by atoms with E-state index >= 15 is 0 Å². The van der Waals surface area contributed by atoms with Crippen LogP contribution in [0.25, 0.3) is 31.6 Å². The summed E-state index contributed by atoms with van der Waals surface area (Å²) in [6, 6.07) is 20.0. The van der Waals surface area contributed by atoms with E-state index in [1.54, 1.807) is 11.3 Å². The van der Waals surface area contributed by atoms with E-state index < -0.39 is 0 Å². The second-order valence-electron chi connectivity index (χ2n) is 7.77. The Kier molecular flexibility index (Phi) is 4.01. The molecule has 3 aromatic carbocycles. The van der Waals surface area contributed by atoms with E-state index in [0.717, 1.165) is 27.1 Å². The summed E-state index contributed by atoms with van der Waals surface area (Å²) in [6.45, 7) is 0.644. The molecule has 5 aromatic rings. The maximum atomic E-state index is 13.2. The predicted octanol–water partition coefficient (Wildman–Crippen LogP) is 5.10. The molecular formula is C25H17N3O2S. The van der Waals surface area contributed by atoms with Crippen LogP contribution in [0.5, 0.6) is 0 Å². The minimum Gasteiger partial charge on any atom is -0.306 e. The van der Waals surface area contributed by atoms with Gasteiger partial charge in [0.1, 0.15) is 0 Å². The molecule has 31 heavy (non-hydrogen) atoms. The monoisotopic (exact) mass is 423 g/mol. The molecule has 0 atom stereocenters. The lowest BCUT2D eigenvalue weighted by Crippen LogP contribution is -2.05. The summed E-state index contributed by atoms with van der Waals surface area (Å²) in [7, 11) is 0. The maximum Gasteiger partial charge on any atom is 0.323 e. The topological polar surface area (TPSA) is 78.1 Å². The fourth-order valence-electron chi connectivity index (χ4n) is 4.19. The van der Waals surface area contributed by atoms with Gasteiger partial charge in [0.2, 0.25) is 0 Å². The number of benzene rings is 3. The van der Waals surface area contributed by atoms with Crippen molar-refractivity contribution in [3.05, 3.63) is 93.4 Å². The van der Waals surface area contributed by atoms with Crippen LogP contribution in [0.15, 0.2) is 70.5 Å². The van der Waals surface area contributed by atoms with Crippen LogP contribution in [-0.4, -0.2) is 22.0 Å². The van der Waals surface area contributed by atoms with Crippen molar-refractivity contribution >= 4 is 44.5 Å². The molecule has 3 heterocycles. The van der Waals surface area contributed by atoms with E-state index in [1.165, 1.54) is 15.6 Å². The summed E-state index contributed by atoms with van der Waals surface area (Å²) in [5.41, 5.74) is 6.03. The molecule has 0 saturated heterocycles. The van der Waals surface area contributed by atoms with Crippen molar-refractivity contribution in [1.82, 2.24) is 9.97 Å². The third-order valence-electron chi connectivity index (χ3n) is 5.72. The first kappa shape index (κ1) is 18.0. The van der Waals surface area contributed by atoms with E-state index in [2.05, 4.69) is 33.2 Å². The van der Waals surface area contributed by atoms with Crippen LogP contribution >= 0.6 is 11.3 Å². The zero-order valence-corrected chi connectivity index (χ0v) is 17.3. The van der Waals surface area contributed by atoms with Crippen LogP contribution < -0.4 is 5.69 Å².